The Morgan fingerprint density at radius 3 is 2.60 bits per heavy atom. The minimum atomic E-state index is -1.34. The van der Waals surface area contributed by atoms with Gasteiger partial charge in [-0.25, -0.2) is 4.39 Å². The first-order valence-corrected chi connectivity index (χ1v) is 15.8. The molecule has 1 spiro atoms. The number of fused-ring (bicyclic) bond motifs is 2. The van der Waals surface area contributed by atoms with Gasteiger partial charge < -0.3 is 30.3 Å². The minimum absolute atomic E-state index is 0.0869. The second kappa shape index (κ2) is 12.1. The summed E-state index contributed by atoms with van der Waals surface area (Å²) in [6.07, 6.45) is 0.516. The molecule has 0 aromatic heterocycles. The second-order valence-electron chi connectivity index (χ2n) is 13.1. The van der Waals surface area contributed by atoms with Crippen LogP contribution in [0.1, 0.15) is 44.2 Å². The van der Waals surface area contributed by atoms with Gasteiger partial charge in [0.15, 0.2) is 0 Å². The predicted octanol–water partition coefficient (Wildman–Crippen LogP) is 6.37. The summed E-state index contributed by atoms with van der Waals surface area (Å²) < 4.78 is 27.2. The molecule has 0 saturated carbocycles. The Kier molecular flexibility index (Phi) is 8.50. The van der Waals surface area contributed by atoms with E-state index in [2.05, 4.69) is 41.6 Å². The smallest absolute Gasteiger partial charge is 0.242 e. The summed E-state index contributed by atoms with van der Waals surface area (Å²) >= 11 is 12.7. The molecule has 2 fully saturated rings. The number of rotatable bonds is 6. The summed E-state index contributed by atoms with van der Waals surface area (Å²) in [4.78, 5) is 30.9. The maximum Gasteiger partial charge on any atom is 0.242 e. The first kappa shape index (κ1) is 31.6. The Bertz CT molecular complexity index is 1640. The molecule has 3 heterocycles. The molecule has 6 rings (SSSR count). The van der Waals surface area contributed by atoms with Crippen molar-refractivity contribution >= 4 is 52.1 Å². The Morgan fingerprint density at radius 2 is 1.89 bits per heavy atom. The van der Waals surface area contributed by atoms with Gasteiger partial charge in [-0.1, -0.05) is 62.2 Å². The second-order valence-corrected chi connectivity index (χ2v) is 13.9. The summed E-state index contributed by atoms with van der Waals surface area (Å²) in [6.45, 7) is 8.98. The van der Waals surface area contributed by atoms with Crippen molar-refractivity contribution in [3.63, 3.8) is 0 Å². The van der Waals surface area contributed by atoms with Gasteiger partial charge in [-0.15, -0.1) is 0 Å². The van der Waals surface area contributed by atoms with Crippen molar-refractivity contribution in [2.75, 3.05) is 48.9 Å². The molecule has 3 aromatic rings. The molecule has 0 radical (unpaired) electrons. The van der Waals surface area contributed by atoms with Crippen molar-refractivity contribution in [3.05, 3.63) is 81.6 Å². The lowest BCUT2D eigenvalue weighted by molar-refractivity contribution is -0.122. The lowest BCUT2D eigenvalue weighted by atomic mass is 9.62. The van der Waals surface area contributed by atoms with Crippen LogP contribution in [0.25, 0.3) is 0 Å². The number of benzene rings is 3. The lowest BCUT2D eigenvalue weighted by Gasteiger charge is -2.37. The molecule has 238 valence electrons. The molecule has 45 heavy (non-hydrogen) atoms. The Balaban J connectivity index is 1.46. The molecule has 3 N–H and O–H groups in total. The fourth-order valence-corrected chi connectivity index (χ4v) is 7.52. The van der Waals surface area contributed by atoms with E-state index in [0.29, 0.717) is 47.3 Å². The van der Waals surface area contributed by atoms with E-state index in [0.717, 1.165) is 18.8 Å². The summed E-state index contributed by atoms with van der Waals surface area (Å²) in [5.41, 5.74) is 1.20. The van der Waals surface area contributed by atoms with Gasteiger partial charge >= 0.3 is 0 Å². The van der Waals surface area contributed by atoms with E-state index < -0.39 is 35.1 Å². The number of carbonyl (C=O) groups excluding carboxylic acids is 2. The number of hydrogen-bond acceptors (Lipinski definition) is 6. The van der Waals surface area contributed by atoms with E-state index in [1.807, 2.05) is 12.1 Å². The summed E-state index contributed by atoms with van der Waals surface area (Å²) in [5.74, 6) is -1.89. The standard InChI is InChI=1S/C34H37Cl2FN4O4/c1-33(2,3)18-27-34(22-10-8-19(35)16-25(22)39-32(34)43)28(21-6-5-7-23(36)29(21)37)30(40-27)31(42)38-24-11-9-20(17-26(24)44-4)41-12-14-45-15-13-41/h5-11,16-17,27-28,30,40H,12-15,18H2,1-4H3,(H,38,42)(H,39,43)/t27-,28-,30+,34+/m0/s1. The molecule has 8 nitrogen and oxygen atoms in total. The van der Waals surface area contributed by atoms with Gasteiger partial charge in [0.1, 0.15) is 17.0 Å². The molecule has 0 unspecified atom stereocenters. The number of anilines is 3. The molecule has 3 aliphatic rings. The third-order valence-corrected chi connectivity index (χ3v) is 9.57. The highest BCUT2D eigenvalue weighted by atomic mass is 35.5. The lowest BCUT2D eigenvalue weighted by Crippen LogP contribution is -2.49. The highest BCUT2D eigenvalue weighted by Gasteiger charge is 2.66. The number of nitrogens with zero attached hydrogens (tertiary/aromatic N) is 1. The Hall–Kier alpha value is -3.37. The molecule has 0 aliphatic carbocycles. The number of hydrogen-bond donors (Lipinski definition) is 3. The SMILES string of the molecule is COc1cc(N2CCOCC2)ccc1NC(=O)[C@@H]1N[C@@H](CC(C)(C)C)[C@@]2(C(=O)Nc3cc(Cl)ccc32)[C@H]1c1cccc(Cl)c1F. The monoisotopic (exact) mass is 654 g/mol. The number of methoxy groups -OCH3 is 1. The highest BCUT2D eigenvalue weighted by molar-refractivity contribution is 6.31. The van der Waals surface area contributed by atoms with Crippen LogP contribution in [0.15, 0.2) is 54.6 Å². The zero-order valence-corrected chi connectivity index (χ0v) is 27.2. The highest BCUT2D eigenvalue weighted by Crippen LogP contribution is 2.57. The normalized spacial score (nSPS) is 24.5. The van der Waals surface area contributed by atoms with Crippen LogP contribution >= 0.6 is 23.2 Å². The van der Waals surface area contributed by atoms with Crippen molar-refractivity contribution in [2.24, 2.45) is 5.41 Å². The van der Waals surface area contributed by atoms with E-state index in [9.17, 15) is 9.59 Å². The molecule has 0 bridgehead atoms. The van der Waals surface area contributed by atoms with E-state index in [1.165, 1.54) is 6.07 Å². The Labute approximate surface area is 272 Å². The van der Waals surface area contributed by atoms with Crippen molar-refractivity contribution < 1.29 is 23.5 Å². The fraction of sp³-hybridized carbons (Fsp3) is 0.412. The van der Waals surface area contributed by atoms with E-state index in [4.69, 9.17) is 32.7 Å². The van der Waals surface area contributed by atoms with Gasteiger partial charge in [0.05, 0.1) is 37.1 Å². The molecule has 11 heteroatoms. The first-order valence-electron chi connectivity index (χ1n) is 15.1. The van der Waals surface area contributed by atoms with Gasteiger partial charge in [0.2, 0.25) is 11.8 Å². The van der Waals surface area contributed by atoms with Gasteiger partial charge in [-0.2, -0.15) is 0 Å². The minimum Gasteiger partial charge on any atom is -0.494 e. The van der Waals surface area contributed by atoms with Crippen LogP contribution in [0.4, 0.5) is 21.5 Å². The van der Waals surface area contributed by atoms with Crippen molar-refractivity contribution in [1.29, 1.82) is 0 Å². The average molecular weight is 656 g/mol. The van der Waals surface area contributed by atoms with Gasteiger partial charge in [-0.05, 0) is 53.3 Å². The Morgan fingerprint density at radius 1 is 1.13 bits per heavy atom. The van der Waals surface area contributed by atoms with Gasteiger partial charge in [0.25, 0.3) is 0 Å². The fourth-order valence-electron chi connectivity index (χ4n) is 7.16. The van der Waals surface area contributed by atoms with Crippen LogP contribution in [0, 0.1) is 11.2 Å². The van der Waals surface area contributed by atoms with Crippen molar-refractivity contribution in [1.82, 2.24) is 5.32 Å². The quantitative estimate of drug-likeness (QED) is 0.286. The van der Waals surface area contributed by atoms with Crippen LogP contribution in [0.3, 0.4) is 0 Å². The average Bonchev–Trinajstić information content (AvgIpc) is 3.48. The molecular weight excluding hydrogens is 618 g/mol. The number of amides is 2. The topological polar surface area (TPSA) is 91.9 Å². The first-order chi connectivity index (χ1) is 21.4. The number of morpholine rings is 1. The number of halogens is 3. The number of carbonyl (C=O) groups is 2. The molecule has 3 aliphatic heterocycles. The molecule has 2 saturated heterocycles. The predicted molar refractivity (Wildman–Crippen MR) is 175 cm³/mol. The third-order valence-electron chi connectivity index (χ3n) is 9.04. The van der Waals surface area contributed by atoms with Crippen LogP contribution in [-0.2, 0) is 19.7 Å². The largest absolute Gasteiger partial charge is 0.494 e. The zero-order valence-electron chi connectivity index (χ0n) is 25.7. The van der Waals surface area contributed by atoms with Crippen LogP contribution in [0.2, 0.25) is 10.0 Å². The number of nitrogens with one attached hydrogen (secondary N) is 3. The maximum absolute atomic E-state index is 16.0. The van der Waals surface area contributed by atoms with Gasteiger partial charge in [0, 0.05) is 47.5 Å². The van der Waals surface area contributed by atoms with Crippen LogP contribution in [0.5, 0.6) is 5.75 Å². The summed E-state index contributed by atoms with van der Waals surface area (Å²) in [6, 6.07) is 14.0. The zero-order chi connectivity index (χ0) is 32.1. The summed E-state index contributed by atoms with van der Waals surface area (Å²) in [5, 5.41) is 9.90. The van der Waals surface area contributed by atoms with Crippen molar-refractivity contribution in [3.8, 4) is 5.75 Å². The number of ether oxygens (including phenoxy) is 2. The van der Waals surface area contributed by atoms with Crippen LogP contribution < -0.4 is 25.6 Å². The van der Waals surface area contributed by atoms with Crippen molar-refractivity contribution in [2.45, 2.75) is 50.6 Å². The molecule has 3 aromatic carbocycles. The van der Waals surface area contributed by atoms with E-state index in [1.54, 1.807) is 43.5 Å². The van der Waals surface area contributed by atoms with E-state index in [-0.39, 0.29) is 21.9 Å². The molecular formula is C34H37Cl2FN4O4. The third kappa shape index (κ3) is 5.65. The van der Waals surface area contributed by atoms with E-state index >= 15 is 4.39 Å². The molecule has 4 atom stereocenters. The maximum atomic E-state index is 16.0. The summed E-state index contributed by atoms with van der Waals surface area (Å²) in [7, 11) is 1.55. The molecule has 2 amide bonds. The van der Waals surface area contributed by atoms with Crippen LogP contribution in [-0.4, -0.2) is 57.3 Å². The van der Waals surface area contributed by atoms with Gasteiger partial charge in [-0.3, -0.25) is 9.59 Å².